The van der Waals surface area contributed by atoms with Crippen LogP contribution in [0, 0.1) is 11.6 Å². The van der Waals surface area contributed by atoms with Crippen LogP contribution in [0.1, 0.15) is 19.8 Å². The SMILES string of the molecule is CCC[C@@H](N)C(=O)Nc1cc(F)cc(F)c1. The Kier molecular flexibility index (Phi) is 4.37. The summed E-state index contributed by atoms with van der Waals surface area (Å²) in [7, 11) is 0. The zero-order valence-electron chi connectivity index (χ0n) is 8.97. The number of benzene rings is 1. The summed E-state index contributed by atoms with van der Waals surface area (Å²) in [6.07, 6.45) is 1.30. The molecule has 3 N–H and O–H groups in total. The number of amides is 1. The van der Waals surface area contributed by atoms with Gasteiger partial charge in [-0.25, -0.2) is 8.78 Å². The number of nitrogens with two attached hydrogens (primary N) is 1. The molecule has 88 valence electrons. The van der Waals surface area contributed by atoms with Crippen molar-refractivity contribution in [1.29, 1.82) is 0 Å². The van der Waals surface area contributed by atoms with Gasteiger partial charge in [0, 0.05) is 11.8 Å². The summed E-state index contributed by atoms with van der Waals surface area (Å²) >= 11 is 0. The van der Waals surface area contributed by atoms with Crippen LogP contribution in [0.25, 0.3) is 0 Å². The second-order valence-electron chi connectivity index (χ2n) is 3.54. The maximum absolute atomic E-state index is 12.8. The molecule has 0 saturated heterocycles. The highest BCUT2D eigenvalue weighted by Crippen LogP contribution is 2.13. The first-order valence-electron chi connectivity index (χ1n) is 5.05. The summed E-state index contributed by atoms with van der Waals surface area (Å²) in [5, 5.41) is 2.36. The van der Waals surface area contributed by atoms with E-state index in [4.69, 9.17) is 5.73 Å². The van der Waals surface area contributed by atoms with Crippen molar-refractivity contribution in [1.82, 2.24) is 0 Å². The maximum Gasteiger partial charge on any atom is 0.241 e. The van der Waals surface area contributed by atoms with Gasteiger partial charge in [0.2, 0.25) is 5.91 Å². The van der Waals surface area contributed by atoms with E-state index in [0.29, 0.717) is 6.42 Å². The third-order valence-corrected chi connectivity index (χ3v) is 2.07. The summed E-state index contributed by atoms with van der Waals surface area (Å²) < 4.78 is 25.6. The van der Waals surface area contributed by atoms with E-state index >= 15 is 0 Å². The van der Waals surface area contributed by atoms with Gasteiger partial charge in [-0.1, -0.05) is 13.3 Å². The number of carbonyl (C=O) groups is 1. The first-order chi connectivity index (χ1) is 7.52. The molecule has 0 aromatic heterocycles. The van der Waals surface area contributed by atoms with E-state index in [1.807, 2.05) is 6.92 Å². The van der Waals surface area contributed by atoms with E-state index in [9.17, 15) is 13.6 Å². The van der Waals surface area contributed by atoms with Crippen molar-refractivity contribution in [2.75, 3.05) is 5.32 Å². The Balaban J connectivity index is 2.69. The van der Waals surface area contributed by atoms with Crippen molar-refractivity contribution in [2.24, 2.45) is 5.73 Å². The molecule has 0 spiro atoms. The Morgan fingerprint density at radius 3 is 2.44 bits per heavy atom. The second-order valence-corrected chi connectivity index (χ2v) is 3.54. The summed E-state index contributed by atoms with van der Waals surface area (Å²) in [5.74, 6) is -1.91. The van der Waals surface area contributed by atoms with E-state index in [1.54, 1.807) is 0 Å². The fraction of sp³-hybridized carbons (Fsp3) is 0.364. The highest BCUT2D eigenvalue weighted by molar-refractivity contribution is 5.94. The predicted octanol–water partition coefficient (Wildman–Crippen LogP) is 2.03. The highest BCUT2D eigenvalue weighted by Gasteiger charge is 2.12. The normalized spacial score (nSPS) is 12.2. The summed E-state index contributed by atoms with van der Waals surface area (Å²) in [6.45, 7) is 1.90. The molecule has 0 bridgehead atoms. The van der Waals surface area contributed by atoms with Gasteiger partial charge in [0.05, 0.1) is 6.04 Å². The molecule has 0 fully saturated rings. The molecule has 0 radical (unpaired) electrons. The second kappa shape index (κ2) is 5.55. The van der Waals surface area contributed by atoms with Crippen molar-refractivity contribution in [3.8, 4) is 0 Å². The molecule has 1 aromatic rings. The minimum Gasteiger partial charge on any atom is -0.325 e. The lowest BCUT2D eigenvalue weighted by Crippen LogP contribution is -2.35. The van der Waals surface area contributed by atoms with Gasteiger partial charge >= 0.3 is 0 Å². The number of hydrogen-bond donors (Lipinski definition) is 2. The van der Waals surface area contributed by atoms with Crippen LogP contribution in [-0.4, -0.2) is 11.9 Å². The van der Waals surface area contributed by atoms with Crippen LogP contribution in [0.3, 0.4) is 0 Å². The first kappa shape index (κ1) is 12.6. The van der Waals surface area contributed by atoms with E-state index in [-0.39, 0.29) is 5.69 Å². The fourth-order valence-corrected chi connectivity index (χ4v) is 1.30. The molecule has 0 aliphatic heterocycles. The average Bonchev–Trinajstić information content (AvgIpc) is 2.16. The van der Waals surface area contributed by atoms with E-state index < -0.39 is 23.6 Å². The molecule has 1 rings (SSSR count). The number of hydrogen-bond acceptors (Lipinski definition) is 2. The third-order valence-electron chi connectivity index (χ3n) is 2.07. The monoisotopic (exact) mass is 228 g/mol. The van der Waals surface area contributed by atoms with Gasteiger partial charge in [-0.15, -0.1) is 0 Å². The van der Waals surface area contributed by atoms with Crippen LogP contribution < -0.4 is 11.1 Å². The molecule has 1 amide bonds. The molecule has 0 heterocycles. The molecular weight excluding hydrogens is 214 g/mol. The van der Waals surface area contributed by atoms with E-state index in [0.717, 1.165) is 24.6 Å². The van der Waals surface area contributed by atoms with Crippen molar-refractivity contribution < 1.29 is 13.6 Å². The standard InChI is InChI=1S/C11H14F2N2O/c1-2-3-10(14)11(16)15-9-5-7(12)4-8(13)6-9/h4-6,10H,2-3,14H2,1H3,(H,15,16)/t10-/m1/s1. The molecular formula is C11H14F2N2O. The minimum absolute atomic E-state index is 0.0778. The van der Waals surface area contributed by atoms with E-state index in [2.05, 4.69) is 5.32 Å². The first-order valence-corrected chi connectivity index (χ1v) is 5.05. The van der Waals surface area contributed by atoms with Gasteiger partial charge in [0.15, 0.2) is 0 Å². The van der Waals surface area contributed by atoms with Gasteiger partial charge in [0.25, 0.3) is 0 Å². The third kappa shape index (κ3) is 3.58. The molecule has 5 heteroatoms. The van der Waals surface area contributed by atoms with Gasteiger partial charge < -0.3 is 11.1 Å². The number of nitrogens with one attached hydrogen (secondary N) is 1. The van der Waals surface area contributed by atoms with Crippen LogP contribution in [0.5, 0.6) is 0 Å². The summed E-state index contributed by atoms with van der Waals surface area (Å²) in [5.41, 5.74) is 5.63. The van der Waals surface area contributed by atoms with Crippen LogP contribution in [-0.2, 0) is 4.79 Å². The van der Waals surface area contributed by atoms with E-state index in [1.165, 1.54) is 0 Å². The molecule has 0 saturated carbocycles. The largest absolute Gasteiger partial charge is 0.325 e. The Morgan fingerprint density at radius 1 is 1.38 bits per heavy atom. The van der Waals surface area contributed by atoms with Crippen molar-refractivity contribution in [2.45, 2.75) is 25.8 Å². The van der Waals surface area contributed by atoms with Gasteiger partial charge in [-0.2, -0.15) is 0 Å². The Hall–Kier alpha value is -1.49. The van der Waals surface area contributed by atoms with Crippen LogP contribution in [0.2, 0.25) is 0 Å². The average molecular weight is 228 g/mol. The Morgan fingerprint density at radius 2 is 1.94 bits per heavy atom. The molecule has 0 aliphatic carbocycles. The summed E-state index contributed by atoms with van der Waals surface area (Å²) in [4.78, 5) is 11.4. The lowest BCUT2D eigenvalue weighted by molar-refractivity contribution is -0.117. The Bertz CT molecular complexity index is 362. The fourth-order valence-electron chi connectivity index (χ4n) is 1.30. The van der Waals surface area contributed by atoms with Gasteiger partial charge in [-0.05, 0) is 18.6 Å². The van der Waals surface area contributed by atoms with Crippen LogP contribution in [0.15, 0.2) is 18.2 Å². The number of halogens is 2. The number of rotatable bonds is 4. The van der Waals surface area contributed by atoms with Crippen molar-refractivity contribution in [3.05, 3.63) is 29.8 Å². The lowest BCUT2D eigenvalue weighted by atomic mass is 10.1. The van der Waals surface area contributed by atoms with Crippen molar-refractivity contribution in [3.63, 3.8) is 0 Å². The van der Waals surface area contributed by atoms with Crippen molar-refractivity contribution >= 4 is 11.6 Å². The quantitative estimate of drug-likeness (QED) is 0.828. The smallest absolute Gasteiger partial charge is 0.241 e. The predicted molar refractivity (Wildman–Crippen MR) is 57.9 cm³/mol. The molecule has 1 aromatic carbocycles. The van der Waals surface area contributed by atoms with Crippen LogP contribution in [0.4, 0.5) is 14.5 Å². The number of carbonyl (C=O) groups excluding carboxylic acids is 1. The molecule has 16 heavy (non-hydrogen) atoms. The molecule has 0 unspecified atom stereocenters. The zero-order chi connectivity index (χ0) is 12.1. The minimum atomic E-state index is -0.737. The molecule has 1 atom stereocenters. The number of anilines is 1. The molecule has 0 aliphatic rings. The topological polar surface area (TPSA) is 55.1 Å². The highest BCUT2D eigenvalue weighted by atomic mass is 19.1. The molecule has 3 nitrogen and oxygen atoms in total. The Labute approximate surface area is 92.6 Å². The van der Waals surface area contributed by atoms with Gasteiger partial charge in [-0.3, -0.25) is 4.79 Å². The zero-order valence-corrected chi connectivity index (χ0v) is 8.97. The van der Waals surface area contributed by atoms with Crippen LogP contribution >= 0.6 is 0 Å². The van der Waals surface area contributed by atoms with Gasteiger partial charge in [0.1, 0.15) is 11.6 Å². The summed E-state index contributed by atoms with van der Waals surface area (Å²) in [6, 6.07) is 2.16. The maximum atomic E-state index is 12.8. The lowest BCUT2D eigenvalue weighted by Gasteiger charge is -2.11.